The molecule has 1 aromatic rings. The SMILES string of the molecule is Cc1ccc(SCC(C)N(N)C(=O)N(C)N)cc1. The second kappa shape index (κ2) is 6.63. The van der Waals surface area contributed by atoms with Gasteiger partial charge in [-0.25, -0.2) is 16.5 Å². The third-order valence-electron chi connectivity index (χ3n) is 2.51. The highest BCUT2D eigenvalue weighted by Gasteiger charge is 2.18. The van der Waals surface area contributed by atoms with Gasteiger partial charge in [-0.15, -0.1) is 11.8 Å². The molecule has 0 aliphatic carbocycles. The maximum atomic E-state index is 11.5. The molecule has 6 heteroatoms. The number of hydrazine groups is 2. The zero-order chi connectivity index (χ0) is 13.7. The Morgan fingerprint density at radius 2 is 1.89 bits per heavy atom. The molecule has 0 saturated heterocycles. The normalized spacial score (nSPS) is 12.1. The summed E-state index contributed by atoms with van der Waals surface area (Å²) in [6, 6.07) is 7.76. The van der Waals surface area contributed by atoms with Gasteiger partial charge in [0, 0.05) is 17.7 Å². The van der Waals surface area contributed by atoms with Crippen LogP contribution >= 0.6 is 11.8 Å². The number of hydrogen-bond donors (Lipinski definition) is 2. The molecule has 1 atom stereocenters. The molecule has 0 radical (unpaired) electrons. The van der Waals surface area contributed by atoms with Gasteiger partial charge in [0.05, 0.1) is 6.04 Å². The molecular weight excluding hydrogens is 248 g/mol. The van der Waals surface area contributed by atoms with E-state index in [9.17, 15) is 4.79 Å². The van der Waals surface area contributed by atoms with Crippen LogP contribution in [0.4, 0.5) is 4.79 Å². The molecular formula is C12H20N4OS. The molecule has 1 aromatic carbocycles. The van der Waals surface area contributed by atoms with Crippen LogP contribution in [0.1, 0.15) is 12.5 Å². The van der Waals surface area contributed by atoms with Gasteiger partial charge in [0.2, 0.25) is 0 Å². The highest BCUT2D eigenvalue weighted by atomic mass is 32.2. The molecule has 0 fully saturated rings. The van der Waals surface area contributed by atoms with E-state index in [4.69, 9.17) is 11.7 Å². The van der Waals surface area contributed by atoms with Crippen molar-refractivity contribution in [3.05, 3.63) is 29.8 Å². The monoisotopic (exact) mass is 268 g/mol. The molecule has 18 heavy (non-hydrogen) atoms. The first-order chi connectivity index (χ1) is 8.41. The van der Waals surface area contributed by atoms with Crippen LogP contribution in [0.25, 0.3) is 0 Å². The highest BCUT2D eigenvalue weighted by Crippen LogP contribution is 2.20. The molecule has 1 unspecified atom stereocenters. The Morgan fingerprint density at radius 3 is 2.39 bits per heavy atom. The van der Waals surface area contributed by atoms with Gasteiger partial charge in [-0.2, -0.15) is 0 Å². The fourth-order valence-electron chi connectivity index (χ4n) is 1.30. The molecule has 0 saturated carbocycles. The lowest BCUT2D eigenvalue weighted by Crippen LogP contribution is -2.52. The molecule has 1 rings (SSSR count). The Labute approximate surface area is 112 Å². The van der Waals surface area contributed by atoms with Gasteiger partial charge in [0.15, 0.2) is 0 Å². The number of aryl methyl sites for hydroxylation is 1. The van der Waals surface area contributed by atoms with Gasteiger partial charge >= 0.3 is 6.03 Å². The molecule has 0 aliphatic heterocycles. The van der Waals surface area contributed by atoms with E-state index >= 15 is 0 Å². The Bertz CT molecular complexity index is 394. The van der Waals surface area contributed by atoms with E-state index in [0.29, 0.717) is 0 Å². The Kier molecular flexibility index (Phi) is 5.46. The van der Waals surface area contributed by atoms with Gasteiger partial charge in [-0.1, -0.05) is 17.7 Å². The lowest BCUT2D eigenvalue weighted by Gasteiger charge is -2.26. The van der Waals surface area contributed by atoms with Crippen LogP contribution < -0.4 is 11.7 Å². The average Bonchev–Trinajstić information content (AvgIpc) is 2.35. The summed E-state index contributed by atoms with van der Waals surface area (Å²) in [6.07, 6.45) is 0. The molecule has 5 nitrogen and oxygen atoms in total. The third kappa shape index (κ3) is 4.21. The number of thioether (sulfide) groups is 1. The Balaban J connectivity index is 2.48. The summed E-state index contributed by atoms with van der Waals surface area (Å²) in [4.78, 5) is 12.7. The first kappa shape index (κ1) is 14.8. The van der Waals surface area contributed by atoms with Crippen molar-refractivity contribution in [2.24, 2.45) is 11.7 Å². The number of nitrogens with two attached hydrogens (primary N) is 2. The lowest BCUT2D eigenvalue weighted by atomic mass is 10.2. The second-order valence-electron chi connectivity index (χ2n) is 4.27. The molecule has 0 heterocycles. The van der Waals surface area contributed by atoms with Crippen molar-refractivity contribution < 1.29 is 4.79 Å². The lowest BCUT2D eigenvalue weighted by molar-refractivity contribution is 0.151. The molecule has 0 spiro atoms. The minimum atomic E-state index is -0.396. The molecule has 100 valence electrons. The third-order valence-corrected chi connectivity index (χ3v) is 3.76. The minimum Gasteiger partial charge on any atom is -0.264 e. The zero-order valence-electron chi connectivity index (χ0n) is 11.0. The van der Waals surface area contributed by atoms with Crippen LogP contribution in [0.3, 0.4) is 0 Å². The smallest absolute Gasteiger partial charge is 0.264 e. The van der Waals surface area contributed by atoms with E-state index in [-0.39, 0.29) is 6.04 Å². The summed E-state index contributed by atoms with van der Waals surface area (Å²) in [7, 11) is 1.47. The standard InChI is InChI=1S/C12H20N4OS/c1-9-4-6-11(7-5-9)18-8-10(2)16(14)12(17)15(3)13/h4-7,10H,8,13-14H2,1-3H3. The number of carbonyl (C=O) groups excluding carboxylic acids is 1. The van der Waals surface area contributed by atoms with E-state index in [1.54, 1.807) is 11.8 Å². The molecule has 0 aromatic heterocycles. The van der Waals surface area contributed by atoms with Gasteiger partial charge in [-0.3, -0.25) is 10.0 Å². The van der Waals surface area contributed by atoms with Gasteiger partial charge in [0.25, 0.3) is 0 Å². The first-order valence-electron chi connectivity index (χ1n) is 5.67. The van der Waals surface area contributed by atoms with Gasteiger partial charge < -0.3 is 0 Å². The fourth-order valence-corrected chi connectivity index (χ4v) is 2.23. The van der Waals surface area contributed by atoms with E-state index in [0.717, 1.165) is 20.7 Å². The summed E-state index contributed by atoms with van der Waals surface area (Å²) in [6.45, 7) is 3.94. The van der Waals surface area contributed by atoms with Crippen molar-refractivity contribution in [3.8, 4) is 0 Å². The number of urea groups is 1. The predicted octanol–water partition coefficient (Wildman–Crippen LogP) is 1.58. The van der Waals surface area contributed by atoms with Crippen LogP contribution in [0.15, 0.2) is 29.2 Å². The van der Waals surface area contributed by atoms with Crippen LogP contribution in [-0.2, 0) is 0 Å². The van der Waals surface area contributed by atoms with Gasteiger partial charge in [-0.05, 0) is 26.0 Å². The number of rotatable bonds is 4. The summed E-state index contributed by atoms with van der Waals surface area (Å²) < 4.78 is 0. The maximum Gasteiger partial charge on any atom is 0.348 e. The number of amides is 2. The minimum absolute atomic E-state index is 0.0881. The first-order valence-corrected chi connectivity index (χ1v) is 6.66. The Morgan fingerprint density at radius 1 is 1.33 bits per heavy atom. The summed E-state index contributed by atoms with van der Waals surface area (Å²) in [5, 5.41) is 2.13. The van der Waals surface area contributed by atoms with Crippen LogP contribution in [0.5, 0.6) is 0 Å². The number of hydrogen-bond acceptors (Lipinski definition) is 4. The summed E-state index contributed by atoms with van der Waals surface area (Å²) >= 11 is 1.66. The van der Waals surface area contributed by atoms with E-state index in [1.807, 2.05) is 6.92 Å². The molecule has 4 N–H and O–H groups in total. The predicted molar refractivity (Wildman–Crippen MR) is 74.7 cm³/mol. The average molecular weight is 268 g/mol. The van der Waals surface area contributed by atoms with E-state index in [1.165, 1.54) is 12.6 Å². The van der Waals surface area contributed by atoms with Crippen LogP contribution in [-0.4, -0.2) is 34.9 Å². The van der Waals surface area contributed by atoms with Crippen LogP contribution in [0, 0.1) is 6.92 Å². The quantitative estimate of drug-likeness (QED) is 0.376. The van der Waals surface area contributed by atoms with Crippen molar-refractivity contribution in [2.75, 3.05) is 12.8 Å². The second-order valence-corrected chi connectivity index (χ2v) is 5.37. The van der Waals surface area contributed by atoms with Crippen molar-refractivity contribution in [1.29, 1.82) is 0 Å². The fraction of sp³-hybridized carbons (Fsp3) is 0.417. The zero-order valence-corrected chi connectivity index (χ0v) is 11.8. The summed E-state index contributed by atoms with van der Waals surface area (Å²) in [5.74, 6) is 11.8. The van der Waals surface area contributed by atoms with E-state index < -0.39 is 6.03 Å². The van der Waals surface area contributed by atoms with E-state index in [2.05, 4.69) is 31.2 Å². The number of carbonyl (C=O) groups is 1. The maximum absolute atomic E-state index is 11.5. The Hall–Kier alpha value is -1.24. The molecule has 0 aliphatic rings. The van der Waals surface area contributed by atoms with Crippen molar-refractivity contribution in [3.63, 3.8) is 0 Å². The largest absolute Gasteiger partial charge is 0.348 e. The van der Waals surface area contributed by atoms with Crippen molar-refractivity contribution in [2.45, 2.75) is 24.8 Å². The van der Waals surface area contributed by atoms with Gasteiger partial charge in [0.1, 0.15) is 0 Å². The van der Waals surface area contributed by atoms with Crippen molar-refractivity contribution >= 4 is 17.8 Å². The number of nitrogens with zero attached hydrogens (tertiary/aromatic N) is 2. The van der Waals surface area contributed by atoms with Crippen molar-refractivity contribution in [1.82, 2.24) is 10.0 Å². The topological polar surface area (TPSA) is 75.6 Å². The summed E-state index contributed by atoms with van der Waals surface area (Å²) in [5.41, 5.74) is 1.23. The molecule has 2 amide bonds. The highest BCUT2D eigenvalue weighted by molar-refractivity contribution is 7.99. The number of benzene rings is 1. The van der Waals surface area contributed by atoms with Crippen LogP contribution in [0.2, 0.25) is 0 Å². The molecule has 0 bridgehead atoms.